The fourth-order valence-corrected chi connectivity index (χ4v) is 4.17. The second kappa shape index (κ2) is 11.4. The van der Waals surface area contributed by atoms with Gasteiger partial charge in [0.05, 0.1) is 12.6 Å². The third kappa shape index (κ3) is 10.6. The van der Waals surface area contributed by atoms with Gasteiger partial charge in [-0.05, 0) is 58.7 Å². The van der Waals surface area contributed by atoms with E-state index in [-0.39, 0.29) is 46.8 Å². The van der Waals surface area contributed by atoms with Gasteiger partial charge in [0.1, 0.15) is 0 Å². The number of amides is 2. The Morgan fingerprint density at radius 2 is 1.94 bits per heavy atom. The first kappa shape index (κ1) is 27.5. The van der Waals surface area contributed by atoms with Gasteiger partial charge in [-0.25, -0.2) is 0 Å². The van der Waals surface area contributed by atoms with Crippen LogP contribution in [0.4, 0.5) is 13.2 Å². The van der Waals surface area contributed by atoms with Crippen molar-refractivity contribution in [1.82, 2.24) is 15.5 Å². The van der Waals surface area contributed by atoms with Crippen molar-refractivity contribution < 1.29 is 27.5 Å². The van der Waals surface area contributed by atoms with Crippen LogP contribution in [0.5, 0.6) is 5.06 Å². The highest BCUT2D eigenvalue weighted by Gasteiger charge is 2.29. The zero-order valence-corrected chi connectivity index (χ0v) is 19.8. The maximum Gasteiger partial charge on any atom is 0.422 e. The van der Waals surface area contributed by atoms with Gasteiger partial charge >= 0.3 is 6.18 Å². The number of hydrogen-bond donors (Lipinski definition) is 2. The number of nitrogens with one attached hydrogen (secondary N) is 2. The van der Waals surface area contributed by atoms with Gasteiger partial charge in [-0.3, -0.25) is 14.5 Å². The van der Waals surface area contributed by atoms with Crippen molar-refractivity contribution in [2.45, 2.75) is 58.3 Å². The van der Waals surface area contributed by atoms with Crippen LogP contribution in [-0.2, 0) is 9.59 Å². The molecule has 1 aliphatic rings. The van der Waals surface area contributed by atoms with Gasteiger partial charge in [0.15, 0.2) is 11.7 Å². The molecule has 0 unspecified atom stereocenters. The molecule has 6 nitrogen and oxygen atoms in total. The van der Waals surface area contributed by atoms with Gasteiger partial charge in [-0.2, -0.15) is 13.2 Å². The van der Waals surface area contributed by atoms with Crippen molar-refractivity contribution >= 4 is 35.6 Å². The van der Waals surface area contributed by atoms with Crippen molar-refractivity contribution in [3.05, 3.63) is 17.0 Å². The molecule has 0 aromatic carbocycles. The highest BCUT2D eigenvalue weighted by molar-refractivity contribution is 7.13. The SMILES string of the molecule is C[C@@H](NC(=O)C[C@@H]1CCN(CC(=O)NC(C)(C)C)C1)c1ccc(OCC(F)(F)F)s1.Cl. The van der Waals surface area contributed by atoms with Crippen LogP contribution in [0, 0.1) is 5.92 Å². The molecule has 1 aliphatic heterocycles. The van der Waals surface area contributed by atoms with Gasteiger partial charge in [-0.1, -0.05) is 0 Å². The molecule has 2 rings (SSSR count). The van der Waals surface area contributed by atoms with Crippen LogP contribution in [0.15, 0.2) is 12.1 Å². The van der Waals surface area contributed by atoms with E-state index in [9.17, 15) is 22.8 Å². The van der Waals surface area contributed by atoms with E-state index in [0.29, 0.717) is 19.5 Å². The molecular weight excluding hydrogens is 455 g/mol. The van der Waals surface area contributed by atoms with Crippen LogP contribution in [0.2, 0.25) is 0 Å². The molecule has 1 fully saturated rings. The van der Waals surface area contributed by atoms with Crippen molar-refractivity contribution in [1.29, 1.82) is 0 Å². The Bertz CT molecular complexity index is 737. The van der Waals surface area contributed by atoms with Gasteiger partial charge in [0.25, 0.3) is 0 Å². The lowest BCUT2D eigenvalue weighted by Crippen LogP contribution is -2.45. The van der Waals surface area contributed by atoms with E-state index < -0.39 is 12.8 Å². The van der Waals surface area contributed by atoms with Crippen molar-refractivity contribution in [2.75, 3.05) is 26.2 Å². The lowest BCUT2D eigenvalue weighted by Gasteiger charge is -2.23. The third-order valence-electron chi connectivity index (χ3n) is 4.51. The molecule has 2 N–H and O–H groups in total. The predicted octanol–water partition coefficient (Wildman–Crippen LogP) is 3.91. The molecule has 178 valence electrons. The zero-order chi connectivity index (χ0) is 22.5. The molecule has 1 saturated heterocycles. The van der Waals surface area contributed by atoms with E-state index in [4.69, 9.17) is 4.74 Å². The Morgan fingerprint density at radius 3 is 2.55 bits per heavy atom. The van der Waals surface area contributed by atoms with Crippen LogP contribution in [0.1, 0.15) is 51.5 Å². The fourth-order valence-electron chi connectivity index (χ4n) is 3.32. The zero-order valence-electron chi connectivity index (χ0n) is 18.2. The molecule has 11 heteroatoms. The molecule has 2 amide bonds. The highest BCUT2D eigenvalue weighted by Crippen LogP contribution is 2.30. The maximum absolute atomic E-state index is 12.4. The predicted molar refractivity (Wildman–Crippen MR) is 117 cm³/mol. The minimum atomic E-state index is -4.38. The first-order valence-corrected chi connectivity index (χ1v) is 10.7. The van der Waals surface area contributed by atoms with Crippen LogP contribution < -0.4 is 15.4 Å². The van der Waals surface area contributed by atoms with E-state index in [1.54, 1.807) is 13.0 Å². The number of alkyl halides is 3. The maximum atomic E-state index is 12.4. The van der Waals surface area contributed by atoms with Gasteiger partial charge in [-0.15, -0.1) is 23.7 Å². The monoisotopic (exact) mass is 485 g/mol. The summed E-state index contributed by atoms with van der Waals surface area (Å²) in [6.45, 7) is 8.03. The van der Waals surface area contributed by atoms with E-state index in [1.807, 2.05) is 25.7 Å². The summed E-state index contributed by atoms with van der Waals surface area (Å²) in [4.78, 5) is 27.2. The van der Waals surface area contributed by atoms with Crippen LogP contribution in [0.3, 0.4) is 0 Å². The number of halogens is 4. The molecule has 2 heterocycles. The fraction of sp³-hybridized carbons (Fsp3) is 0.700. The van der Waals surface area contributed by atoms with Gasteiger partial charge in [0.2, 0.25) is 11.8 Å². The molecule has 1 aromatic rings. The highest BCUT2D eigenvalue weighted by atomic mass is 35.5. The van der Waals surface area contributed by atoms with Crippen LogP contribution >= 0.6 is 23.7 Å². The van der Waals surface area contributed by atoms with E-state index >= 15 is 0 Å². The number of hydrogen-bond acceptors (Lipinski definition) is 5. The van der Waals surface area contributed by atoms with E-state index in [0.717, 1.165) is 29.2 Å². The van der Waals surface area contributed by atoms with Crippen LogP contribution in [0.25, 0.3) is 0 Å². The van der Waals surface area contributed by atoms with Crippen molar-refractivity contribution in [3.8, 4) is 5.06 Å². The largest absolute Gasteiger partial charge is 0.475 e. The van der Waals surface area contributed by atoms with E-state index in [1.165, 1.54) is 6.07 Å². The number of nitrogens with zero attached hydrogens (tertiary/aromatic N) is 1. The number of ether oxygens (including phenoxy) is 1. The molecule has 2 atom stereocenters. The second-order valence-electron chi connectivity index (χ2n) is 8.74. The average molecular weight is 486 g/mol. The summed E-state index contributed by atoms with van der Waals surface area (Å²) in [6.07, 6.45) is -3.18. The summed E-state index contributed by atoms with van der Waals surface area (Å²) in [5, 5.41) is 5.99. The lowest BCUT2D eigenvalue weighted by atomic mass is 10.0. The normalized spacial score (nSPS) is 18.2. The Hall–Kier alpha value is -1.52. The van der Waals surface area contributed by atoms with Crippen LogP contribution in [-0.4, -0.2) is 54.7 Å². The van der Waals surface area contributed by atoms with Gasteiger partial charge in [0, 0.05) is 23.4 Å². The Balaban J connectivity index is 0.00000480. The lowest BCUT2D eigenvalue weighted by molar-refractivity contribution is -0.152. The summed E-state index contributed by atoms with van der Waals surface area (Å²) in [7, 11) is 0. The summed E-state index contributed by atoms with van der Waals surface area (Å²) in [6, 6.07) is 2.82. The molecule has 0 aliphatic carbocycles. The molecule has 31 heavy (non-hydrogen) atoms. The first-order valence-electron chi connectivity index (χ1n) is 9.93. The van der Waals surface area contributed by atoms with Crippen molar-refractivity contribution in [2.24, 2.45) is 5.92 Å². The summed E-state index contributed by atoms with van der Waals surface area (Å²) in [5.74, 6) is 0.0378. The molecule has 0 radical (unpaired) electrons. The molecule has 0 bridgehead atoms. The van der Waals surface area contributed by atoms with Crippen molar-refractivity contribution in [3.63, 3.8) is 0 Å². The average Bonchev–Trinajstić information content (AvgIpc) is 3.19. The topological polar surface area (TPSA) is 70.7 Å². The number of likely N-dealkylation sites (tertiary alicyclic amines) is 1. The molecule has 0 spiro atoms. The molecular formula is C20H31ClF3N3O3S. The quantitative estimate of drug-likeness (QED) is 0.585. The third-order valence-corrected chi connectivity index (χ3v) is 5.69. The Morgan fingerprint density at radius 1 is 1.26 bits per heavy atom. The number of rotatable bonds is 8. The molecule has 0 saturated carbocycles. The molecule has 1 aromatic heterocycles. The number of thiophene rings is 1. The van der Waals surface area contributed by atoms with Gasteiger partial charge < -0.3 is 15.4 Å². The second-order valence-corrected chi connectivity index (χ2v) is 9.82. The van der Waals surface area contributed by atoms with E-state index in [2.05, 4.69) is 10.6 Å². The standard InChI is InChI=1S/C20H30F3N3O3S.ClH/c1-13(15-5-6-18(30-15)29-12-20(21,22)23)24-16(27)9-14-7-8-26(10-14)11-17(28)25-19(2,3)4;/h5-6,13-14H,7-12H2,1-4H3,(H,24,27)(H,25,28);1H/t13-,14+;/m1./s1. The summed E-state index contributed by atoms with van der Waals surface area (Å²) >= 11 is 1.09. The summed E-state index contributed by atoms with van der Waals surface area (Å²) < 4.78 is 41.4. The smallest absolute Gasteiger partial charge is 0.422 e. The minimum Gasteiger partial charge on any atom is -0.475 e. The number of carbonyl (C=O) groups excluding carboxylic acids is 2. The number of carbonyl (C=O) groups is 2. The Labute approximate surface area is 191 Å². The summed E-state index contributed by atoms with van der Waals surface area (Å²) in [5.41, 5.74) is -0.272. The minimum absolute atomic E-state index is 0. The first-order chi connectivity index (χ1) is 13.8. The Kier molecular flexibility index (Phi) is 10.1.